The highest BCUT2D eigenvalue weighted by Crippen LogP contribution is 2.20. The number of imidazole rings is 1. The monoisotopic (exact) mass is 249 g/mol. The lowest BCUT2D eigenvalue weighted by molar-refractivity contribution is 0.991. The molecule has 0 aliphatic rings. The topological polar surface area (TPSA) is 77.4 Å². The van der Waals surface area contributed by atoms with E-state index in [1.165, 1.54) is 0 Å². The van der Waals surface area contributed by atoms with Crippen molar-refractivity contribution in [1.82, 2.24) is 15.0 Å². The first-order chi connectivity index (χ1) is 9.36. The summed E-state index contributed by atoms with van der Waals surface area (Å²) < 4.78 is 0. The number of nitrogens with zero attached hydrogens (tertiary/aromatic N) is 3. The van der Waals surface area contributed by atoms with Crippen LogP contribution in [0.2, 0.25) is 0 Å². The van der Waals surface area contributed by atoms with Crippen LogP contribution in [0.25, 0.3) is 10.9 Å². The second kappa shape index (κ2) is 4.78. The van der Waals surface area contributed by atoms with Crippen LogP contribution in [0, 0.1) is 11.3 Å². The number of rotatable bonds is 3. The fraction of sp³-hybridized carbons (Fsp3) is 0.0714. The summed E-state index contributed by atoms with van der Waals surface area (Å²) in [6, 6.07) is 11.6. The molecule has 0 aliphatic carbocycles. The Bertz CT molecular complexity index is 740. The average molecular weight is 249 g/mol. The van der Waals surface area contributed by atoms with Crippen molar-refractivity contribution in [3.63, 3.8) is 0 Å². The van der Waals surface area contributed by atoms with Crippen LogP contribution >= 0.6 is 0 Å². The summed E-state index contributed by atoms with van der Waals surface area (Å²) in [4.78, 5) is 11.6. The van der Waals surface area contributed by atoms with Gasteiger partial charge >= 0.3 is 0 Å². The van der Waals surface area contributed by atoms with Crippen molar-refractivity contribution < 1.29 is 0 Å². The number of aromatic nitrogens is 3. The molecule has 5 nitrogen and oxygen atoms in total. The molecule has 2 heterocycles. The Kier molecular flexibility index (Phi) is 2.83. The van der Waals surface area contributed by atoms with Crippen molar-refractivity contribution in [1.29, 1.82) is 5.26 Å². The number of pyridine rings is 1. The van der Waals surface area contributed by atoms with Crippen molar-refractivity contribution in [2.45, 2.75) is 6.54 Å². The van der Waals surface area contributed by atoms with E-state index in [1.54, 1.807) is 18.5 Å². The largest absolute Gasteiger partial charge is 0.363 e. The Morgan fingerprint density at radius 2 is 2.21 bits per heavy atom. The molecule has 0 saturated heterocycles. The average Bonchev–Trinajstić information content (AvgIpc) is 2.97. The Morgan fingerprint density at radius 1 is 1.32 bits per heavy atom. The van der Waals surface area contributed by atoms with Gasteiger partial charge in [-0.2, -0.15) is 5.26 Å². The van der Waals surface area contributed by atoms with E-state index in [2.05, 4.69) is 26.3 Å². The highest BCUT2D eigenvalue weighted by Gasteiger charge is 2.05. The van der Waals surface area contributed by atoms with Gasteiger partial charge in [-0.05, 0) is 12.1 Å². The van der Waals surface area contributed by atoms with Crippen molar-refractivity contribution in [2.24, 2.45) is 0 Å². The number of nitriles is 1. The standard InChI is InChI=1S/C14H11N5/c15-8-10-7-13(18-9-14-16-5-6-17-14)19-12-4-2-1-3-11(10)12/h1-7H,9H2,(H,16,17)(H,18,19). The zero-order chi connectivity index (χ0) is 13.1. The number of hydrogen-bond acceptors (Lipinski definition) is 4. The van der Waals surface area contributed by atoms with Crippen molar-refractivity contribution in [2.75, 3.05) is 5.32 Å². The molecule has 3 rings (SSSR count). The lowest BCUT2D eigenvalue weighted by Gasteiger charge is -2.06. The number of benzene rings is 1. The first-order valence-electron chi connectivity index (χ1n) is 5.89. The number of hydrogen-bond donors (Lipinski definition) is 2. The molecule has 5 heteroatoms. The maximum Gasteiger partial charge on any atom is 0.128 e. The second-order valence-electron chi connectivity index (χ2n) is 4.07. The molecule has 92 valence electrons. The first-order valence-corrected chi connectivity index (χ1v) is 5.89. The molecule has 0 atom stereocenters. The third-order valence-corrected chi connectivity index (χ3v) is 2.83. The molecule has 1 aromatic carbocycles. The van der Waals surface area contributed by atoms with Gasteiger partial charge in [0.25, 0.3) is 0 Å². The molecule has 0 spiro atoms. The van der Waals surface area contributed by atoms with Gasteiger partial charge in [0.15, 0.2) is 0 Å². The summed E-state index contributed by atoms with van der Waals surface area (Å²) >= 11 is 0. The summed E-state index contributed by atoms with van der Waals surface area (Å²) in [5.41, 5.74) is 1.43. The molecule has 0 radical (unpaired) electrons. The lowest BCUT2D eigenvalue weighted by Crippen LogP contribution is -2.03. The normalized spacial score (nSPS) is 10.3. The number of nitrogens with one attached hydrogen (secondary N) is 2. The number of fused-ring (bicyclic) bond motifs is 1. The maximum atomic E-state index is 9.19. The van der Waals surface area contributed by atoms with E-state index in [0.29, 0.717) is 17.9 Å². The third kappa shape index (κ3) is 2.24. The van der Waals surface area contributed by atoms with Crippen LogP contribution in [-0.2, 0) is 6.54 Å². The first kappa shape index (κ1) is 11.2. The molecule has 2 aromatic heterocycles. The number of anilines is 1. The zero-order valence-corrected chi connectivity index (χ0v) is 10.1. The van der Waals surface area contributed by atoms with Gasteiger partial charge in [-0.25, -0.2) is 9.97 Å². The van der Waals surface area contributed by atoms with E-state index in [9.17, 15) is 5.26 Å². The minimum absolute atomic E-state index is 0.545. The molecular formula is C14H11N5. The summed E-state index contributed by atoms with van der Waals surface area (Å²) in [6.45, 7) is 0.545. The van der Waals surface area contributed by atoms with Gasteiger partial charge in [0.1, 0.15) is 11.6 Å². The zero-order valence-electron chi connectivity index (χ0n) is 10.1. The molecule has 0 saturated carbocycles. The quantitative estimate of drug-likeness (QED) is 0.747. The SMILES string of the molecule is N#Cc1cc(NCc2ncc[nH]2)nc2ccccc12. The van der Waals surface area contributed by atoms with E-state index in [4.69, 9.17) is 0 Å². The van der Waals surface area contributed by atoms with E-state index < -0.39 is 0 Å². The van der Waals surface area contributed by atoms with Crippen LogP contribution in [-0.4, -0.2) is 15.0 Å². The fourth-order valence-corrected chi connectivity index (χ4v) is 1.93. The summed E-state index contributed by atoms with van der Waals surface area (Å²) in [6.07, 6.45) is 3.47. The Hall–Kier alpha value is -2.87. The van der Waals surface area contributed by atoms with Crippen LogP contribution in [0.15, 0.2) is 42.7 Å². The number of aromatic amines is 1. The number of H-pyrrole nitrogens is 1. The van der Waals surface area contributed by atoms with Crippen molar-refractivity contribution >= 4 is 16.7 Å². The van der Waals surface area contributed by atoms with Gasteiger partial charge < -0.3 is 10.3 Å². The predicted octanol–water partition coefficient (Wildman–Crippen LogP) is 2.44. The molecule has 0 aliphatic heterocycles. The molecule has 0 unspecified atom stereocenters. The van der Waals surface area contributed by atoms with Crippen LogP contribution in [0.3, 0.4) is 0 Å². The van der Waals surface area contributed by atoms with Crippen molar-refractivity contribution in [3.05, 3.63) is 54.1 Å². The fourth-order valence-electron chi connectivity index (χ4n) is 1.93. The summed E-state index contributed by atoms with van der Waals surface area (Å²) in [5.74, 6) is 1.50. The highest BCUT2D eigenvalue weighted by molar-refractivity contribution is 5.86. The van der Waals surface area contributed by atoms with E-state index in [1.807, 2.05) is 24.3 Å². The van der Waals surface area contributed by atoms with Gasteiger partial charge in [0.05, 0.1) is 23.7 Å². The molecule has 0 bridgehead atoms. The number of para-hydroxylation sites is 1. The van der Waals surface area contributed by atoms with E-state index >= 15 is 0 Å². The lowest BCUT2D eigenvalue weighted by atomic mass is 10.1. The molecular weight excluding hydrogens is 238 g/mol. The van der Waals surface area contributed by atoms with Gasteiger partial charge in [-0.1, -0.05) is 18.2 Å². The minimum atomic E-state index is 0.545. The smallest absolute Gasteiger partial charge is 0.128 e. The van der Waals surface area contributed by atoms with Crippen LogP contribution in [0.1, 0.15) is 11.4 Å². The molecule has 2 N–H and O–H groups in total. The molecule has 0 amide bonds. The van der Waals surface area contributed by atoms with Crippen LogP contribution in [0.4, 0.5) is 5.82 Å². The van der Waals surface area contributed by atoms with Crippen LogP contribution in [0.5, 0.6) is 0 Å². The Morgan fingerprint density at radius 3 is 3.00 bits per heavy atom. The second-order valence-corrected chi connectivity index (χ2v) is 4.07. The maximum absolute atomic E-state index is 9.19. The molecule has 19 heavy (non-hydrogen) atoms. The van der Waals surface area contributed by atoms with E-state index in [-0.39, 0.29) is 0 Å². The molecule has 3 aromatic rings. The highest BCUT2D eigenvalue weighted by atomic mass is 15.0. The van der Waals surface area contributed by atoms with Crippen LogP contribution < -0.4 is 5.32 Å². The Labute approximate surface area is 109 Å². The van der Waals surface area contributed by atoms with Gasteiger partial charge in [-0.15, -0.1) is 0 Å². The van der Waals surface area contributed by atoms with Gasteiger partial charge in [-0.3, -0.25) is 0 Å². The van der Waals surface area contributed by atoms with Crippen molar-refractivity contribution in [3.8, 4) is 6.07 Å². The minimum Gasteiger partial charge on any atom is -0.363 e. The van der Waals surface area contributed by atoms with E-state index in [0.717, 1.165) is 16.7 Å². The third-order valence-electron chi connectivity index (χ3n) is 2.83. The van der Waals surface area contributed by atoms with Gasteiger partial charge in [0, 0.05) is 17.8 Å². The summed E-state index contributed by atoms with van der Waals surface area (Å²) in [7, 11) is 0. The predicted molar refractivity (Wildman–Crippen MR) is 72.4 cm³/mol. The summed E-state index contributed by atoms with van der Waals surface area (Å²) in [5, 5.41) is 13.2. The van der Waals surface area contributed by atoms with Gasteiger partial charge in [0.2, 0.25) is 0 Å². The molecule has 0 fully saturated rings. The Balaban J connectivity index is 1.94.